The van der Waals surface area contributed by atoms with E-state index < -0.39 is 5.91 Å². The number of carbonyl (C=O) groups excluding carboxylic acids is 2. The van der Waals surface area contributed by atoms with E-state index >= 15 is 0 Å². The summed E-state index contributed by atoms with van der Waals surface area (Å²) in [5, 5.41) is 0. The molecule has 0 atom stereocenters. The molecule has 30 heavy (non-hydrogen) atoms. The lowest BCUT2D eigenvalue weighted by Gasteiger charge is -2.11. The fraction of sp³-hybridized carbons (Fsp3) is 0.125. The Balaban J connectivity index is 1.71. The molecule has 0 bridgehead atoms. The summed E-state index contributed by atoms with van der Waals surface area (Å²) in [6.07, 6.45) is 0. The van der Waals surface area contributed by atoms with Crippen LogP contribution in [-0.4, -0.2) is 28.5 Å². The molecule has 4 aromatic rings. The zero-order valence-corrected chi connectivity index (χ0v) is 16.8. The molecule has 2 N–H and O–H groups in total. The van der Waals surface area contributed by atoms with E-state index in [4.69, 9.17) is 10.5 Å². The van der Waals surface area contributed by atoms with E-state index in [0.29, 0.717) is 17.7 Å². The van der Waals surface area contributed by atoms with Crippen LogP contribution in [0, 0.1) is 6.92 Å². The first-order valence-electron chi connectivity index (χ1n) is 9.52. The third kappa shape index (κ3) is 3.43. The van der Waals surface area contributed by atoms with E-state index in [0.717, 1.165) is 33.5 Å². The number of benzene rings is 3. The van der Waals surface area contributed by atoms with Gasteiger partial charge in [0, 0.05) is 12.1 Å². The van der Waals surface area contributed by atoms with Crippen LogP contribution >= 0.6 is 0 Å². The number of methoxy groups -OCH3 is 1. The highest BCUT2D eigenvalue weighted by Gasteiger charge is 2.17. The molecule has 0 radical (unpaired) electrons. The van der Waals surface area contributed by atoms with Gasteiger partial charge in [-0.15, -0.1) is 0 Å². The summed E-state index contributed by atoms with van der Waals surface area (Å²) in [5.74, 6) is -0.0322. The van der Waals surface area contributed by atoms with E-state index in [-0.39, 0.29) is 5.97 Å². The summed E-state index contributed by atoms with van der Waals surface area (Å²) in [4.78, 5) is 28.5. The maximum absolute atomic E-state index is 12.2. The fourth-order valence-electron chi connectivity index (χ4n) is 3.69. The molecule has 0 saturated carbocycles. The smallest absolute Gasteiger partial charge is 0.340 e. The highest BCUT2D eigenvalue weighted by molar-refractivity contribution is 6.02. The number of aryl methyl sites for hydroxylation is 1. The van der Waals surface area contributed by atoms with Gasteiger partial charge in [0.25, 0.3) is 0 Å². The van der Waals surface area contributed by atoms with Crippen molar-refractivity contribution in [2.24, 2.45) is 5.73 Å². The zero-order valence-electron chi connectivity index (χ0n) is 16.8. The predicted molar refractivity (Wildman–Crippen MR) is 115 cm³/mol. The second-order valence-corrected chi connectivity index (χ2v) is 7.02. The third-order valence-corrected chi connectivity index (χ3v) is 5.16. The van der Waals surface area contributed by atoms with Gasteiger partial charge in [-0.1, -0.05) is 48.5 Å². The van der Waals surface area contributed by atoms with Crippen molar-refractivity contribution in [1.82, 2.24) is 9.55 Å². The molecule has 3 aromatic carbocycles. The number of hydrogen-bond donors (Lipinski definition) is 1. The Morgan fingerprint density at radius 2 is 1.67 bits per heavy atom. The number of rotatable bonds is 5. The topological polar surface area (TPSA) is 87.2 Å². The van der Waals surface area contributed by atoms with Crippen molar-refractivity contribution >= 4 is 22.9 Å². The molecule has 0 aliphatic rings. The molecule has 0 aliphatic heterocycles. The normalized spacial score (nSPS) is 10.9. The van der Waals surface area contributed by atoms with Crippen LogP contribution in [0.3, 0.4) is 0 Å². The molecule has 0 spiro atoms. The minimum absolute atomic E-state index is 0.389. The van der Waals surface area contributed by atoms with Crippen molar-refractivity contribution in [2.45, 2.75) is 13.5 Å². The van der Waals surface area contributed by atoms with E-state index in [1.54, 1.807) is 24.3 Å². The Morgan fingerprint density at radius 1 is 0.967 bits per heavy atom. The van der Waals surface area contributed by atoms with Crippen molar-refractivity contribution in [3.8, 4) is 11.1 Å². The summed E-state index contributed by atoms with van der Waals surface area (Å²) in [6.45, 7) is 2.46. The molecule has 6 heteroatoms. The van der Waals surface area contributed by atoms with E-state index in [1.807, 2.05) is 54.0 Å². The number of hydrogen-bond acceptors (Lipinski definition) is 4. The van der Waals surface area contributed by atoms with Crippen LogP contribution < -0.4 is 5.73 Å². The largest absolute Gasteiger partial charge is 0.465 e. The number of imidazole rings is 1. The number of carbonyl (C=O) groups is 2. The average Bonchev–Trinajstić information content (AvgIpc) is 3.08. The van der Waals surface area contributed by atoms with E-state index in [1.165, 1.54) is 7.11 Å². The molecule has 0 unspecified atom stereocenters. The second kappa shape index (κ2) is 7.83. The lowest BCUT2D eigenvalue weighted by Crippen LogP contribution is -2.12. The number of primary amides is 1. The van der Waals surface area contributed by atoms with Crippen LogP contribution in [0.15, 0.2) is 66.7 Å². The zero-order chi connectivity index (χ0) is 21.3. The third-order valence-electron chi connectivity index (χ3n) is 5.16. The van der Waals surface area contributed by atoms with Gasteiger partial charge in [0.15, 0.2) is 0 Å². The Bertz CT molecular complexity index is 1260. The average molecular weight is 399 g/mol. The van der Waals surface area contributed by atoms with Crippen LogP contribution in [0.2, 0.25) is 0 Å². The second-order valence-electron chi connectivity index (χ2n) is 7.02. The number of nitrogens with zero attached hydrogens (tertiary/aromatic N) is 2. The molecule has 4 rings (SSSR count). The summed E-state index contributed by atoms with van der Waals surface area (Å²) in [7, 11) is 1.37. The molecular formula is C24H21N3O3. The molecule has 1 amide bonds. The summed E-state index contributed by atoms with van der Waals surface area (Å²) in [6, 6.07) is 20.6. The lowest BCUT2D eigenvalue weighted by atomic mass is 9.98. The van der Waals surface area contributed by atoms with Gasteiger partial charge in [-0.05, 0) is 41.8 Å². The van der Waals surface area contributed by atoms with E-state index in [9.17, 15) is 9.59 Å². The fourth-order valence-corrected chi connectivity index (χ4v) is 3.69. The van der Waals surface area contributed by atoms with Crippen molar-refractivity contribution < 1.29 is 14.3 Å². The first-order chi connectivity index (χ1) is 14.5. The van der Waals surface area contributed by atoms with Gasteiger partial charge in [0.05, 0.1) is 23.7 Å². The monoisotopic (exact) mass is 399 g/mol. The quantitative estimate of drug-likeness (QED) is 0.515. The number of amides is 1. The number of para-hydroxylation sites is 1. The number of fused-ring (bicyclic) bond motifs is 1. The number of esters is 1. The van der Waals surface area contributed by atoms with Crippen molar-refractivity contribution in [1.29, 1.82) is 0 Å². The highest BCUT2D eigenvalue weighted by atomic mass is 16.5. The summed E-state index contributed by atoms with van der Waals surface area (Å²) in [5.41, 5.74) is 10.7. The van der Waals surface area contributed by atoms with Gasteiger partial charge in [-0.3, -0.25) is 4.79 Å². The molecule has 150 valence electrons. The Morgan fingerprint density at radius 3 is 2.37 bits per heavy atom. The van der Waals surface area contributed by atoms with Crippen LogP contribution in [0.25, 0.3) is 22.2 Å². The van der Waals surface area contributed by atoms with Crippen molar-refractivity contribution in [2.75, 3.05) is 7.11 Å². The maximum atomic E-state index is 12.2. The molecule has 6 nitrogen and oxygen atoms in total. The van der Waals surface area contributed by atoms with Crippen molar-refractivity contribution in [3.05, 3.63) is 89.2 Å². The van der Waals surface area contributed by atoms with Crippen LogP contribution in [0.4, 0.5) is 0 Å². The highest BCUT2D eigenvalue weighted by Crippen LogP contribution is 2.26. The van der Waals surface area contributed by atoms with Crippen molar-refractivity contribution in [3.63, 3.8) is 0 Å². The van der Waals surface area contributed by atoms with E-state index in [2.05, 4.69) is 4.98 Å². The minimum atomic E-state index is -0.453. The molecule has 0 saturated heterocycles. The Kier molecular flexibility index (Phi) is 5.06. The van der Waals surface area contributed by atoms with Gasteiger partial charge in [-0.25, -0.2) is 9.78 Å². The maximum Gasteiger partial charge on any atom is 0.340 e. The Hall–Kier alpha value is -3.93. The molecule has 0 fully saturated rings. The van der Waals surface area contributed by atoms with Gasteiger partial charge >= 0.3 is 5.97 Å². The Labute approximate surface area is 173 Å². The molecular weight excluding hydrogens is 378 g/mol. The first kappa shape index (κ1) is 19.4. The summed E-state index contributed by atoms with van der Waals surface area (Å²) < 4.78 is 6.94. The van der Waals surface area contributed by atoms with Crippen LogP contribution in [-0.2, 0) is 11.3 Å². The lowest BCUT2D eigenvalue weighted by molar-refractivity contribution is 0.0602. The van der Waals surface area contributed by atoms with Crippen LogP contribution in [0.1, 0.15) is 32.1 Å². The molecule has 0 aliphatic carbocycles. The van der Waals surface area contributed by atoms with Gasteiger partial charge in [0.2, 0.25) is 5.91 Å². The number of aromatic nitrogens is 2. The number of ether oxygens (including phenoxy) is 1. The SMILES string of the molecule is COC(=O)c1cccc2nc(C)n(Cc3ccc(-c4ccccc4C(N)=O)cc3)c12. The van der Waals surface area contributed by atoms with Crippen LogP contribution in [0.5, 0.6) is 0 Å². The molecule has 1 heterocycles. The number of nitrogens with two attached hydrogens (primary N) is 1. The minimum Gasteiger partial charge on any atom is -0.465 e. The molecule has 1 aromatic heterocycles. The van der Waals surface area contributed by atoms with Gasteiger partial charge in [-0.2, -0.15) is 0 Å². The van der Waals surface area contributed by atoms with Gasteiger partial charge < -0.3 is 15.0 Å². The summed E-state index contributed by atoms with van der Waals surface area (Å²) >= 11 is 0. The predicted octanol–water partition coefficient (Wildman–Crippen LogP) is 3.95. The standard InChI is InChI=1S/C24H21N3O3/c1-15-26-21-9-5-8-20(24(29)30-2)22(21)27(15)14-16-10-12-17(13-11-16)18-6-3-4-7-19(18)23(25)28/h3-13H,14H2,1-2H3,(H2,25,28). The van der Waals surface area contributed by atoms with Gasteiger partial charge in [0.1, 0.15) is 5.82 Å². The first-order valence-corrected chi connectivity index (χ1v) is 9.52.